The fraction of sp³-hybridized carbons (Fsp3) is 0.200. The Bertz CT molecular complexity index is 1030. The number of H-pyrrole nitrogens is 1. The van der Waals surface area contributed by atoms with Crippen molar-refractivity contribution >= 4 is 27.1 Å². The summed E-state index contributed by atoms with van der Waals surface area (Å²) >= 11 is 1.33. The molecule has 1 aromatic carbocycles. The van der Waals surface area contributed by atoms with Crippen LogP contribution in [0.5, 0.6) is 0 Å². The molecule has 0 amide bonds. The van der Waals surface area contributed by atoms with Crippen LogP contribution in [0, 0.1) is 5.82 Å². The molecule has 0 saturated carbocycles. The number of ketones is 1. The van der Waals surface area contributed by atoms with E-state index in [2.05, 4.69) is 25.3 Å². The Balaban J connectivity index is 1.72. The zero-order chi connectivity index (χ0) is 18.7. The Morgan fingerprint density at radius 3 is 2.77 bits per heavy atom. The minimum Gasteiger partial charge on any atom is -0.294 e. The number of nitrogens with zero attached hydrogens (tertiary/aromatic N) is 3. The lowest BCUT2D eigenvalue weighted by Gasteiger charge is -2.07. The Morgan fingerprint density at radius 2 is 2.12 bits per heavy atom. The third-order valence-corrected chi connectivity index (χ3v) is 6.21. The molecular weight excluding hydrogens is 381 g/mol. The number of hydrogen-bond donors (Lipinski definition) is 2. The zero-order valence-corrected chi connectivity index (χ0v) is 15.2. The maximum atomic E-state index is 13.9. The van der Waals surface area contributed by atoms with Crippen molar-refractivity contribution in [2.45, 2.75) is 18.2 Å². The molecule has 0 aliphatic heterocycles. The normalized spacial score (nSPS) is 11.6. The second-order valence-electron chi connectivity index (χ2n) is 5.35. The van der Waals surface area contributed by atoms with Crippen LogP contribution in [0.25, 0.3) is 11.4 Å². The summed E-state index contributed by atoms with van der Waals surface area (Å²) in [6, 6.07) is 6.87. The highest BCUT2D eigenvalue weighted by Crippen LogP contribution is 2.22. The van der Waals surface area contributed by atoms with Crippen LogP contribution < -0.4 is 4.72 Å². The first kappa shape index (κ1) is 18.3. The fourth-order valence-electron chi connectivity index (χ4n) is 2.21. The fourth-order valence-corrected chi connectivity index (χ4v) is 4.17. The Kier molecular flexibility index (Phi) is 5.20. The van der Waals surface area contributed by atoms with Crippen molar-refractivity contribution < 1.29 is 17.6 Å². The smallest absolute Gasteiger partial charge is 0.240 e. The second kappa shape index (κ2) is 7.40. The number of tetrazole rings is 1. The molecule has 136 valence electrons. The zero-order valence-electron chi connectivity index (χ0n) is 13.6. The summed E-state index contributed by atoms with van der Waals surface area (Å²) in [5.74, 6) is -0.710. The first-order valence-corrected chi connectivity index (χ1v) is 9.79. The van der Waals surface area contributed by atoms with Gasteiger partial charge in [-0.25, -0.2) is 17.5 Å². The molecule has 0 aliphatic carbocycles. The third-order valence-electron chi connectivity index (χ3n) is 3.51. The van der Waals surface area contributed by atoms with Gasteiger partial charge in [-0.1, -0.05) is 0 Å². The first-order chi connectivity index (χ1) is 12.4. The summed E-state index contributed by atoms with van der Waals surface area (Å²) < 4.78 is 41.2. The number of halogens is 1. The molecule has 3 aromatic rings. The van der Waals surface area contributed by atoms with Crippen molar-refractivity contribution in [3.63, 3.8) is 0 Å². The number of nitrogens with one attached hydrogen (secondary N) is 2. The van der Waals surface area contributed by atoms with E-state index in [0.717, 1.165) is 17.0 Å². The monoisotopic (exact) mass is 395 g/mol. The highest BCUT2D eigenvalue weighted by molar-refractivity contribution is 7.89. The van der Waals surface area contributed by atoms with Gasteiger partial charge in [0.2, 0.25) is 15.8 Å². The van der Waals surface area contributed by atoms with Crippen molar-refractivity contribution in [1.82, 2.24) is 25.3 Å². The molecule has 0 atom stereocenters. The number of thiophene rings is 1. The van der Waals surface area contributed by atoms with Crippen LogP contribution in [-0.2, 0) is 16.4 Å². The lowest BCUT2D eigenvalue weighted by atomic mass is 10.2. The van der Waals surface area contributed by atoms with E-state index < -0.39 is 15.8 Å². The van der Waals surface area contributed by atoms with Gasteiger partial charge in [-0.2, -0.15) is 5.21 Å². The second-order valence-corrected chi connectivity index (χ2v) is 8.28. The lowest BCUT2D eigenvalue weighted by Crippen LogP contribution is -2.26. The number of benzene rings is 1. The lowest BCUT2D eigenvalue weighted by molar-refractivity contribution is 0.102. The van der Waals surface area contributed by atoms with E-state index in [1.807, 2.05) is 0 Å². The van der Waals surface area contributed by atoms with Crippen LogP contribution in [0.4, 0.5) is 4.39 Å². The summed E-state index contributed by atoms with van der Waals surface area (Å²) in [7, 11) is -3.84. The van der Waals surface area contributed by atoms with Crippen LogP contribution in [0.1, 0.15) is 21.5 Å². The summed E-state index contributed by atoms with van der Waals surface area (Å²) in [5, 5.41) is 12.8. The van der Waals surface area contributed by atoms with E-state index in [-0.39, 0.29) is 28.6 Å². The summed E-state index contributed by atoms with van der Waals surface area (Å²) in [6.45, 7) is 1.63. The highest BCUT2D eigenvalue weighted by atomic mass is 32.2. The van der Waals surface area contributed by atoms with E-state index in [4.69, 9.17) is 0 Å². The molecule has 26 heavy (non-hydrogen) atoms. The summed E-state index contributed by atoms with van der Waals surface area (Å²) in [5.41, 5.74) is -0.0639. The number of carbonyl (C=O) groups is 1. The van der Waals surface area contributed by atoms with Crippen LogP contribution >= 0.6 is 11.3 Å². The maximum Gasteiger partial charge on any atom is 0.240 e. The molecule has 0 radical (unpaired) electrons. The van der Waals surface area contributed by atoms with Crippen LogP contribution in [-0.4, -0.2) is 41.4 Å². The van der Waals surface area contributed by atoms with Crippen molar-refractivity contribution in [3.05, 3.63) is 45.9 Å². The van der Waals surface area contributed by atoms with Gasteiger partial charge in [-0.3, -0.25) is 4.79 Å². The molecule has 0 spiro atoms. The van der Waals surface area contributed by atoms with Gasteiger partial charge in [-0.05, 0) is 48.9 Å². The number of carbonyl (C=O) groups excluding carboxylic acids is 1. The van der Waals surface area contributed by atoms with E-state index in [9.17, 15) is 17.6 Å². The van der Waals surface area contributed by atoms with E-state index >= 15 is 0 Å². The molecule has 0 unspecified atom stereocenters. The van der Waals surface area contributed by atoms with E-state index in [1.54, 1.807) is 12.1 Å². The van der Waals surface area contributed by atoms with Gasteiger partial charge in [0, 0.05) is 11.4 Å². The number of aromatic amines is 1. The molecule has 8 nitrogen and oxygen atoms in total. The number of aromatic nitrogens is 4. The summed E-state index contributed by atoms with van der Waals surface area (Å²) in [6.07, 6.45) is 0.441. The van der Waals surface area contributed by atoms with Crippen molar-refractivity contribution in [1.29, 1.82) is 0 Å². The largest absolute Gasteiger partial charge is 0.294 e. The van der Waals surface area contributed by atoms with Gasteiger partial charge in [0.15, 0.2) is 5.78 Å². The molecule has 0 bridgehead atoms. The van der Waals surface area contributed by atoms with Gasteiger partial charge in [-0.15, -0.1) is 21.5 Å². The maximum absolute atomic E-state index is 13.9. The standard InChI is InChI=1S/C15H14FN5O3S2/c1-9(22)14-5-2-10(25-14)6-7-17-26(23,24)11-3-4-13(16)12(8-11)15-18-20-21-19-15/h2-5,8,17H,6-7H2,1H3,(H,18,19,20,21). The SMILES string of the molecule is CC(=O)c1ccc(CCNS(=O)(=O)c2ccc(F)c(-c3nn[nH]n3)c2)s1. The topological polar surface area (TPSA) is 118 Å². The van der Waals surface area contributed by atoms with Crippen molar-refractivity contribution in [3.8, 4) is 11.4 Å². The molecule has 0 saturated heterocycles. The average molecular weight is 395 g/mol. The van der Waals surface area contributed by atoms with Crippen LogP contribution in [0.2, 0.25) is 0 Å². The third kappa shape index (κ3) is 4.00. The van der Waals surface area contributed by atoms with E-state index in [1.165, 1.54) is 24.3 Å². The van der Waals surface area contributed by atoms with Gasteiger partial charge in [0.25, 0.3) is 0 Å². The molecule has 0 fully saturated rings. The van der Waals surface area contributed by atoms with Crippen LogP contribution in [0.3, 0.4) is 0 Å². The molecule has 0 aliphatic rings. The molecule has 2 heterocycles. The number of Topliss-reactive ketones (excluding diaryl/α,β-unsaturated/α-hetero) is 1. The van der Waals surface area contributed by atoms with Crippen molar-refractivity contribution in [2.24, 2.45) is 0 Å². The quantitative estimate of drug-likeness (QED) is 0.589. The van der Waals surface area contributed by atoms with E-state index in [0.29, 0.717) is 11.3 Å². The van der Waals surface area contributed by atoms with Gasteiger partial charge in [0.05, 0.1) is 15.3 Å². The number of hydrogen-bond acceptors (Lipinski definition) is 7. The Morgan fingerprint density at radius 1 is 1.31 bits per heavy atom. The highest BCUT2D eigenvalue weighted by Gasteiger charge is 2.18. The van der Waals surface area contributed by atoms with Gasteiger partial charge >= 0.3 is 0 Å². The minimum absolute atomic E-state index is 0.0258. The minimum atomic E-state index is -3.84. The average Bonchev–Trinajstić information content (AvgIpc) is 3.26. The molecule has 2 aromatic heterocycles. The van der Waals surface area contributed by atoms with Gasteiger partial charge in [0.1, 0.15) is 5.82 Å². The summed E-state index contributed by atoms with van der Waals surface area (Å²) in [4.78, 5) is 12.7. The number of rotatable bonds is 7. The molecule has 2 N–H and O–H groups in total. The predicted octanol–water partition coefficient (Wildman–Crippen LogP) is 1.79. The Labute approximate surface area is 152 Å². The predicted molar refractivity (Wildman–Crippen MR) is 92.8 cm³/mol. The first-order valence-electron chi connectivity index (χ1n) is 7.49. The Hall–Kier alpha value is -2.50. The van der Waals surface area contributed by atoms with Crippen LogP contribution in [0.15, 0.2) is 35.2 Å². The van der Waals surface area contributed by atoms with Gasteiger partial charge < -0.3 is 0 Å². The molecule has 3 rings (SSSR count). The molecular formula is C15H14FN5O3S2. The van der Waals surface area contributed by atoms with Crippen molar-refractivity contribution in [2.75, 3.05) is 6.54 Å². The molecule has 11 heteroatoms. The number of sulfonamides is 1.